The first-order valence-corrected chi connectivity index (χ1v) is 3.82. The maximum Gasteiger partial charge on any atom is 0.129 e. The van der Waals surface area contributed by atoms with E-state index in [1.54, 1.807) is 18.2 Å². The minimum Gasteiger partial charge on any atom is -0.507 e. The Hall–Kier alpha value is -0.580. The molecule has 0 unspecified atom stereocenters. The Balaban J connectivity index is 2.86. The average molecular weight is 218 g/mol. The highest BCUT2D eigenvalue weighted by Gasteiger charge is 1.98. The van der Waals surface area contributed by atoms with Gasteiger partial charge in [-0.15, -0.1) is 0 Å². The Kier molecular flexibility index (Phi) is 2.87. The number of hydrogen-bond acceptors (Lipinski definition) is 3. The van der Waals surface area contributed by atoms with Gasteiger partial charge in [-0.25, -0.2) is 5.90 Å². The van der Waals surface area contributed by atoms with Crippen molar-refractivity contribution >= 4 is 15.9 Å². The first-order valence-electron chi connectivity index (χ1n) is 3.03. The van der Waals surface area contributed by atoms with Crippen LogP contribution >= 0.6 is 15.9 Å². The predicted molar refractivity (Wildman–Crippen MR) is 44.8 cm³/mol. The number of phenols is 1. The van der Waals surface area contributed by atoms with Crippen LogP contribution in [-0.2, 0) is 11.4 Å². The average Bonchev–Trinajstić information content (AvgIpc) is 1.98. The lowest BCUT2D eigenvalue weighted by Gasteiger charge is -2.00. The molecule has 0 aliphatic carbocycles. The molecule has 11 heavy (non-hydrogen) atoms. The van der Waals surface area contributed by atoms with Crippen LogP contribution < -0.4 is 5.90 Å². The Morgan fingerprint density at radius 1 is 1.55 bits per heavy atom. The molecule has 1 rings (SSSR count). The van der Waals surface area contributed by atoms with E-state index in [4.69, 9.17) is 11.0 Å². The van der Waals surface area contributed by atoms with Crippen molar-refractivity contribution in [2.75, 3.05) is 0 Å². The molecule has 3 nitrogen and oxygen atoms in total. The number of nitrogens with two attached hydrogens (primary N) is 1. The van der Waals surface area contributed by atoms with Crippen LogP contribution in [0.3, 0.4) is 0 Å². The zero-order valence-electron chi connectivity index (χ0n) is 5.75. The molecule has 0 fully saturated rings. The molecular formula is C7H8BrNO2. The van der Waals surface area contributed by atoms with Gasteiger partial charge >= 0.3 is 0 Å². The van der Waals surface area contributed by atoms with E-state index in [1.807, 2.05) is 0 Å². The minimum absolute atomic E-state index is 0.214. The number of aromatic hydroxyl groups is 1. The van der Waals surface area contributed by atoms with Crippen molar-refractivity contribution in [1.29, 1.82) is 0 Å². The lowest BCUT2D eigenvalue weighted by molar-refractivity contribution is 0.124. The highest BCUT2D eigenvalue weighted by molar-refractivity contribution is 9.10. The fourth-order valence-corrected chi connectivity index (χ4v) is 1.16. The number of rotatable bonds is 2. The van der Waals surface area contributed by atoms with Crippen molar-refractivity contribution < 1.29 is 9.94 Å². The third-order valence-corrected chi connectivity index (χ3v) is 1.90. The molecule has 0 heterocycles. The molecular weight excluding hydrogens is 210 g/mol. The molecule has 60 valence electrons. The normalized spacial score (nSPS) is 10.0. The number of benzene rings is 1. The van der Waals surface area contributed by atoms with Crippen LogP contribution in [0.5, 0.6) is 5.75 Å². The van der Waals surface area contributed by atoms with Crippen LogP contribution in [0, 0.1) is 0 Å². The van der Waals surface area contributed by atoms with Gasteiger partial charge in [0.1, 0.15) is 5.75 Å². The molecule has 0 amide bonds. The molecule has 1 aromatic carbocycles. The summed E-state index contributed by atoms with van der Waals surface area (Å²) in [6.45, 7) is 0.346. The molecule has 0 radical (unpaired) electrons. The van der Waals surface area contributed by atoms with Crippen LogP contribution in [0.4, 0.5) is 0 Å². The van der Waals surface area contributed by atoms with Crippen molar-refractivity contribution in [3.63, 3.8) is 0 Å². The van der Waals surface area contributed by atoms with Gasteiger partial charge in [-0.3, -0.25) is 4.84 Å². The molecule has 4 heteroatoms. The Bertz CT molecular complexity index is 252. The predicted octanol–water partition coefficient (Wildman–Crippen LogP) is 1.54. The zero-order chi connectivity index (χ0) is 8.27. The molecule has 0 saturated carbocycles. The van der Waals surface area contributed by atoms with Gasteiger partial charge in [-0.05, 0) is 33.6 Å². The van der Waals surface area contributed by atoms with E-state index >= 15 is 0 Å². The first kappa shape index (κ1) is 8.52. The summed E-state index contributed by atoms with van der Waals surface area (Å²) in [5.74, 6) is 5.08. The van der Waals surface area contributed by atoms with E-state index in [0.29, 0.717) is 11.1 Å². The molecule has 0 aliphatic rings. The fraction of sp³-hybridized carbons (Fsp3) is 0.143. The molecule has 0 spiro atoms. The molecule has 0 aromatic heterocycles. The van der Waals surface area contributed by atoms with Crippen molar-refractivity contribution in [3.05, 3.63) is 28.2 Å². The zero-order valence-corrected chi connectivity index (χ0v) is 7.34. The summed E-state index contributed by atoms with van der Waals surface area (Å²) in [5, 5.41) is 9.09. The van der Waals surface area contributed by atoms with Gasteiger partial charge in [-0.2, -0.15) is 0 Å². The van der Waals surface area contributed by atoms with Crippen molar-refractivity contribution in [2.45, 2.75) is 6.61 Å². The third-order valence-electron chi connectivity index (χ3n) is 1.26. The molecule has 0 aliphatic heterocycles. The monoisotopic (exact) mass is 217 g/mol. The van der Waals surface area contributed by atoms with Gasteiger partial charge < -0.3 is 5.11 Å². The summed E-state index contributed by atoms with van der Waals surface area (Å²) in [5.41, 5.74) is 0.914. The second kappa shape index (κ2) is 3.71. The van der Waals surface area contributed by atoms with E-state index in [-0.39, 0.29) is 5.75 Å². The Morgan fingerprint density at radius 3 is 2.82 bits per heavy atom. The minimum atomic E-state index is 0.214. The maximum absolute atomic E-state index is 9.09. The molecule has 1 aromatic rings. The fourth-order valence-electron chi connectivity index (χ4n) is 0.736. The van der Waals surface area contributed by atoms with E-state index < -0.39 is 0 Å². The van der Waals surface area contributed by atoms with E-state index in [9.17, 15) is 0 Å². The second-order valence-corrected chi connectivity index (χ2v) is 2.95. The largest absolute Gasteiger partial charge is 0.507 e. The summed E-state index contributed by atoms with van der Waals surface area (Å²) in [6.07, 6.45) is 0. The van der Waals surface area contributed by atoms with E-state index in [2.05, 4.69) is 20.8 Å². The number of phenolic OH excluding ortho intramolecular Hbond substituents is 1. The molecule has 0 saturated heterocycles. The maximum atomic E-state index is 9.09. The number of hydrogen-bond donors (Lipinski definition) is 2. The van der Waals surface area contributed by atoms with E-state index in [1.165, 1.54) is 0 Å². The summed E-state index contributed by atoms with van der Waals surface area (Å²) in [6, 6.07) is 5.08. The molecule has 0 atom stereocenters. The summed E-state index contributed by atoms with van der Waals surface area (Å²) in [7, 11) is 0. The Labute approximate surface area is 72.9 Å². The Morgan fingerprint density at radius 2 is 2.27 bits per heavy atom. The van der Waals surface area contributed by atoms with Gasteiger partial charge in [-0.1, -0.05) is 6.07 Å². The van der Waals surface area contributed by atoms with E-state index in [0.717, 1.165) is 5.56 Å². The SMILES string of the molecule is NOCc1ccc(O)c(Br)c1. The van der Waals surface area contributed by atoms with Crippen LogP contribution in [-0.4, -0.2) is 5.11 Å². The van der Waals surface area contributed by atoms with Gasteiger partial charge in [0.05, 0.1) is 11.1 Å². The van der Waals surface area contributed by atoms with Crippen molar-refractivity contribution in [2.24, 2.45) is 5.90 Å². The third kappa shape index (κ3) is 2.18. The molecule has 0 bridgehead atoms. The van der Waals surface area contributed by atoms with Gasteiger partial charge in [0, 0.05) is 0 Å². The standard InChI is InChI=1S/C7H8BrNO2/c8-6-3-5(4-11-9)1-2-7(6)10/h1-3,10H,4,9H2. The van der Waals surface area contributed by atoms with Crippen LogP contribution in [0.1, 0.15) is 5.56 Å². The summed E-state index contributed by atoms with van der Waals surface area (Å²) < 4.78 is 0.645. The summed E-state index contributed by atoms with van der Waals surface area (Å²) in [4.78, 5) is 4.42. The highest BCUT2D eigenvalue weighted by Crippen LogP contribution is 2.24. The van der Waals surface area contributed by atoms with Gasteiger partial charge in [0.15, 0.2) is 0 Å². The lowest BCUT2D eigenvalue weighted by atomic mass is 10.2. The lowest BCUT2D eigenvalue weighted by Crippen LogP contribution is -1.98. The quantitative estimate of drug-likeness (QED) is 0.740. The van der Waals surface area contributed by atoms with Crippen molar-refractivity contribution in [3.8, 4) is 5.75 Å². The van der Waals surface area contributed by atoms with Crippen LogP contribution in [0.2, 0.25) is 0 Å². The first-order chi connectivity index (χ1) is 5.24. The second-order valence-electron chi connectivity index (χ2n) is 2.10. The highest BCUT2D eigenvalue weighted by atomic mass is 79.9. The number of halogens is 1. The van der Waals surface area contributed by atoms with Gasteiger partial charge in [0.25, 0.3) is 0 Å². The molecule has 3 N–H and O–H groups in total. The van der Waals surface area contributed by atoms with Crippen LogP contribution in [0.25, 0.3) is 0 Å². The topological polar surface area (TPSA) is 55.5 Å². The smallest absolute Gasteiger partial charge is 0.129 e. The van der Waals surface area contributed by atoms with Crippen molar-refractivity contribution in [1.82, 2.24) is 0 Å². The summed E-state index contributed by atoms with van der Waals surface area (Å²) >= 11 is 3.17. The van der Waals surface area contributed by atoms with Gasteiger partial charge in [0.2, 0.25) is 0 Å². The van der Waals surface area contributed by atoms with Crippen LogP contribution in [0.15, 0.2) is 22.7 Å².